The molecule has 0 aromatic heterocycles. The Morgan fingerprint density at radius 1 is 1.25 bits per heavy atom. The van der Waals surface area contributed by atoms with Crippen molar-refractivity contribution in [1.82, 2.24) is 0 Å². The number of sulfonamides is 1. The third-order valence-corrected chi connectivity index (χ3v) is 4.35. The average molecular weight is 290 g/mol. The third-order valence-electron chi connectivity index (χ3n) is 3.11. The van der Waals surface area contributed by atoms with Crippen molar-refractivity contribution < 1.29 is 13.2 Å². The molecule has 2 rings (SSSR count). The van der Waals surface area contributed by atoms with E-state index in [1.165, 1.54) is 23.1 Å². The summed E-state index contributed by atoms with van der Waals surface area (Å²) >= 11 is 0. The molecule has 1 aliphatic rings. The van der Waals surface area contributed by atoms with Crippen molar-refractivity contribution in [3.05, 3.63) is 29.3 Å². The minimum absolute atomic E-state index is 0.0472. The molecule has 0 bridgehead atoms. The minimum atomic E-state index is -3.78. The molecule has 1 amide bonds. The van der Waals surface area contributed by atoms with Crippen LogP contribution in [0.3, 0.4) is 0 Å². The van der Waals surface area contributed by atoms with Gasteiger partial charge < -0.3 is 4.90 Å². The standard InChI is InChI=1S/C12H10N4O3S/c13-5-8-1-2-10(3-9(8)6-14)16-7-11(4-12(16)17)20(15,18)19/h1-3,11H,4,7H2,(H2,15,18,19). The number of nitrogens with two attached hydrogens (primary N) is 1. The molecular formula is C12H10N4O3S. The summed E-state index contributed by atoms with van der Waals surface area (Å²) < 4.78 is 22.6. The molecule has 8 heteroatoms. The summed E-state index contributed by atoms with van der Waals surface area (Å²) in [5, 5.41) is 21.9. The van der Waals surface area contributed by atoms with Crippen LogP contribution in [0.2, 0.25) is 0 Å². The van der Waals surface area contributed by atoms with Crippen LogP contribution >= 0.6 is 0 Å². The lowest BCUT2D eigenvalue weighted by molar-refractivity contribution is -0.117. The molecule has 1 saturated heterocycles. The molecule has 0 spiro atoms. The van der Waals surface area contributed by atoms with Gasteiger partial charge in [-0.15, -0.1) is 0 Å². The second-order valence-electron chi connectivity index (χ2n) is 4.37. The van der Waals surface area contributed by atoms with Crippen molar-refractivity contribution in [3.8, 4) is 12.1 Å². The van der Waals surface area contributed by atoms with Crippen LogP contribution in [0.4, 0.5) is 5.69 Å². The first-order valence-electron chi connectivity index (χ1n) is 5.63. The van der Waals surface area contributed by atoms with Crippen LogP contribution in [0.15, 0.2) is 18.2 Å². The lowest BCUT2D eigenvalue weighted by Crippen LogP contribution is -2.32. The summed E-state index contributed by atoms with van der Waals surface area (Å²) in [7, 11) is -3.78. The highest BCUT2D eigenvalue weighted by Crippen LogP contribution is 2.26. The molecule has 7 nitrogen and oxygen atoms in total. The predicted molar refractivity (Wildman–Crippen MR) is 69.7 cm³/mol. The number of hydrogen-bond donors (Lipinski definition) is 1. The molecule has 2 N–H and O–H groups in total. The number of anilines is 1. The van der Waals surface area contributed by atoms with Crippen molar-refractivity contribution in [2.45, 2.75) is 11.7 Å². The van der Waals surface area contributed by atoms with Crippen LogP contribution in [0.25, 0.3) is 0 Å². The van der Waals surface area contributed by atoms with Gasteiger partial charge >= 0.3 is 0 Å². The fourth-order valence-corrected chi connectivity index (χ4v) is 2.77. The van der Waals surface area contributed by atoms with Gasteiger partial charge in [-0.2, -0.15) is 10.5 Å². The van der Waals surface area contributed by atoms with Crippen LogP contribution < -0.4 is 10.0 Å². The Bertz CT molecular complexity index is 758. The van der Waals surface area contributed by atoms with E-state index in [0.29, 0.717) is 5.69 Å². The zero-order chi connectivity index (χ0) is 14.9. The molecule has 1 unspecified atom stereocenters. The molecule has 0 aliphatic carbocycles. The summed E-state index contributed by atoms with van der Waals surface area (Å²) in [6.07, 6.45) is -0.180. The number of rotatable bonds is 2. The van der Waals surface area contributed by atoms with E-state index in [1.807, 2.05) is 12.1 Å². The number of carbonyl (C=O) groups excluding carboxylic acids is 1. The first-order valence-corrected chi connectivity index (χ1v) is 7.24. The number of nitrogens with zero attached hydrogens (tertiary/aromatic N) is 3. The van der Waals surface area contributed by atoms with E-state index in [4.69, 9.17) is 15.7 Å². The summed E-state index contributed by atoms with van der Waals surface area (Å²) in [5.74, 6) is -0.377. The van der Waals surface area contributed by atoms with Gasteiger partial charge in [0, 0.05) is 18.7 Å². The fourth-order valence-electron chi connectivity index (χ4n) is 2.03. The van der Waals surface area contributed by atoms with E-state index in [0.717, 1.165) is 0 Å². The van der Waals surface area contributed by atoms with Crippen molar-refractivity contribution in [3.63, 3.8) is 0 Å². The summed E-state index contributed by atoms with van der Waals surface area (Å²) in [6.45, 7) is -0.0472. The largest absolute Gasteiger partial charge is 0.311 e. The Hall–Kier alpha value is -2.42. The van der Waals surface area contributed by atoms with Crippen molar-refractivity contribution in [2.75, 3.05) is 11.4 Å². The highest BCUT2D eigenvalue weighted by molar-refractivity contribution is 7.89. The normalized spacial score (nSPS) is 18.6. The van der Waals surface area contributed by atoms with E-state index >= 15 is 0 Å². The summed E-state index contributed by atoms with van der Waals surface area (Å²) in [4.78, 5) is 13.1. The lowest BCUT2D eigenvalue weighted by atomic mass is 10.1. The maximum atomic E-state index is 11.8. The SMILES string of the molecule is N#Cc1ccc(N2CC(S(N)(=O)=O)CC2=O)cc1C#N. The molecule has 1 aliphatic heterocycles. The van der Waals surface area contributed by atoms with Gasteiger partial charge in [-0.1, -0.05) is 0 Å². The zero-order valence-corrected chi connectivity index (χ0v) is 11.1. The van der Waals surface area contributed by atoms with E-state index in [2.05, 4.69) is 0 Å². The molecular weight excluding hydrogens is 280 g/mol. The second-order valence-corrected chi connectivity index (χ2v) is 6.22. The first-order chi connectivity index (χ1) is 9.36. The van der Waals surface area contributed by atoms with Crippen molar-refractivity contribution in [2.24, 2.45) is 5.14 Å². The minimum Gasteiger partial charge on any atom is -0.311 e. The van der Waals surface area contributed by atoms with Crippen LogP contribution in [0, 0.1) is 22.7 Å². The number of hydrogen-bond acceptors (Lipinski definition) is 5. The van der Waals surface area contributed by atoms with Gasteiger partial charge in [-0.3, -0.25) is 4.79 Å². The molecule has 0 radical (unpaired) electrons. The van der Waals surface area contributed by atoms with Crippen LogP contribution in [0.5, 0.6) is 0 Å². The average Bonchev–Trinajstić information content (AvgIpc) is 2.80. The molecule has 1 atom stereocenters. The fraction of sp³-hybridized carbons (Fsp3) is 0.250. The molecule has 1 aromatic rings. The lowest BCUT2D eigenvalue weighted by Gasteiger charge is -2.16. The van der Waals surface area contributed by atoms with Gasteiger partial charge in [0.05, 0.1) is 11.1 Å². The van der Waals surface area contributed by atoms with Crippen LogP contribution in [-0.2, 0) is 14.8 Å². The third kappa shape index (κ3) is 2.48. The van der Waals surface area contributed by atoms with E-state index < -0.39 is 15.3 Å². The van der Waals surface area contributed by atoms with Crippen molar-refractivity contribution >= 4 is 21.6 Å². The Kier molecular flexibility index (Phi) is 3.45. The number of amides is 1. The smallest absolute Gasteiger partial charge is 0.228 e. The molecule has 102 valence electrons. The molecule has 1 fully saturated rings. The number of nitriles is 2. The molecule has 0 saturated carbocycles. The number of benzene rings is 1. The van der Waals surface area contributed by atoms with Crippen LogP contribution in [-0.4, -0.2) is 26.1 Å². The first kappa shape index (κ1) is 14.0. The maximum Gasteiger partial charge on any atom is 0.228 e. The van der Waals surface area contributed by atoms with Gasteiger partial charge in [0.2, 0.25) is 15.9 Å². The van der Waals surface area contributed by atoms with Crippen LogP contribution in [0.1, 0.15) is 17.5 Å². The molecule has 1 aromatic carbocycles. The molecule has 1 heterocycles. The highest BCUT2D eigenvalue weighted by atomic mass is 32.2. The Morgan fingerprint density at radius 3 is 2.40 bits per heavy atom. The van der Waals surface area contributed by atoms with Gasteiger partial charge in [0.15, 0.2) is 0 Å². The second kappa shape index (κ2) is 4.93. The zero-order valence-electron chi connectivity index (χ0n) is 10.3. The van der Waals surface area contributed by atoms with E-state index in [-0.39, 0.29) is 30.0 Å². The predicted octanol–water partition coefficient (Wildman–Crippen LogP) is -0.176. The van der Waals surface area contributed by atoms with E-state index in [9.17, 15) is 13.2 Å². The maximum absolute atomic E-state index is 11.8. The van der Waals surface area contributed by atoms with Gasteiger partial charge in [0.1, 0.15) is 17.4 Å². The number of primary sulfonamides is 1. The van der Waals surface area contributed by atoms with Gasteiger partial charge in [-0.05, 0) is 18.2 Å². The highest BCUT2D eigenvalue weighted by Gasteiger charge is 2.37. The number of carbonyl (C=O) groups is 1. The van der Waals surface area contributed by atoms with Gasteiger partial charge in [-0.25, -0.2) is 13.6 Å². The Morgan fingerprint density at radius 2 is 1.90 bits per heavy atom. The monoisotopic (exact) mass is 290 g/mol. The Labute approximate surface area is 115 Å². The molecule has 20 heavy (non-hydrogen) atoms. The summed E-state index contributed by atoms with van der Waals surface area (Å²) in [6, 6.07) is 8.05. The Balaban J connectivity index is 2.37. The summed E-state index contributed by atoms with van der Waals surface area (Å²) in [5.41, 5.74) is 0.722. The topological polar surface area (TPSA) is 128 Å². The van der Waals surface area contributed by atoms with E-state index in [1.54, 1.807) is 0 Å². The van der Waals surface area contributed by atoms with Gasteiger partial charge in [0.25, 0.3) is 0 Å². The quantitative estimate of drug-likeness (QED) is 0.808. The van der Waals surface area contributed by atoms with Crippen molar-refractivity contribution in [1.29, 1.82) is 10.5 Å².